The predicted octanol–water partition coefficient (Wildman–Crippen LogP) is 3.21. The molecule has 0 N–H and O–H groups in total. The van der Waals surface area contributed by atoms with Crippen molar-refractivity contribution in [1.82, 2.24) is 4.90 Å². The summed E-state index contributed by atoms with van der Waals surface area (Å²) in [7, 11) is -2.82. The van der Waals surface area contributed by atoms with Crippen LogP contribution in [0.3, 0.4) is 0 Å². The van der Waals surface area contributed by atoms with Crippen LogP contribution in [0.25, 0.3) is 0 Å². The number of unbranched alkanes of at least 4 members (excludes halogenated alkanes) is 1. The van der Waals surface area contributed by atoms with Crippen LogP contribution < -0.4 is 0 Å². The summed E-state index contributed by atoms with van der Waals surface area (Å²) < 4.78 is 22.4. The fraction of sp³-hybridized carbons (Fsp3) is 0.647. The Kier molecular flexibility index (Phi) is 5.82. The van der Waals surface area contributed by atoms with Crippen molar-refractivity contribution in [2.75, 3.05) is 25.1 Å². The molecule has 0 aromatic heterocycles. The number of rotatable bonds is 7. The first-order chi connectivity index (χ1) is 10.0. The molecule has 1 aliphatic rings. The maximum Gasteiger partial charge on any atom is 0.147 e. The molecule has 1 heterocycles. The average Bonchev–Trinajstić information content (AvgIpc) is 2.44. The SMILES string of the molecule is CCCC1c2ccccc2CCN1CCCCS(C)(=O)=O. The summed E-state index contributed by atoms with van der Waals surface area (Å²) in [5.74, 6) is 0.315. The van der Waals surface area contributed by atoms with Gasteiger partial charge in [-0.15, -0.1) is 0 Å². The van der Waals surface area contributed by atoms with Gasteiger partial charge in [-0.3, -0.25) is 4.90 Å². The third-order valence-electron chi connectivity index (χ3n) is 4.30. The van der Waals surface area contributed by atoms with Crippen molar-refractivity contribution in [3.05, 3.63) is 35.4 Å². The van der Waals surface area contributed by atoms with Crippen molar-refractivity contribution >= 4 is 9.84 Å². The van der Waals surface area contributed by atoms with Gasteiger partial charge in [-0.05, 0) is 43.4 Å². The molecule has 3 nitrogen and oxygen atoms in total. The van der Waals surface area contributed by atoms with E-state index in [0.717, 1.165) is 32.4 Å². The fourth-order valence-electron chi connectivity index (χ4n) is 3.26. The van der Waals surface area contributed by atoms with Gasteiger partial charge in [0, 0.05) is 24.6 Å². The second kappa shape index (κ2) is 7.41. The van der Waals surface area contributed by atoms with E-state index in [-0.39, 0.29) is 0 Å². The van der Waals surface area contributed by atoms with Crippen molar-refractivity contribution in [1.29, 1.82) is 0 Å². The van der Waals surface area contributed by atoms with Gasteiger partial charge in [-0.2, -0.15) is 0 Å². The third-order valence-corrected chi connectivity index (χ3v) is 5.33. The summed E-state index contributed by atoms with van der Waals surface area (Å²) >= 11 is 0. The highest BCUT2D eigenvalue weighted by Crippen LogP contribution is 2.33. The van der Waals surface area contributed by atoms with Gasteiger partial charge in [-0.25, -0.2) is 8.42 Å². The first-order valence-electron chi connectivity index (χ1n) is 8.01. The Balaban J connectivity index is 1.96. The molecule has 1 aromatic rings. The zero-order valence-electron chi connectivity index (χ0n) is 13.2. The van der Waals surface area contributed by atoms with E-state index >= 15 is 0 Å². The number of hydrogen-bond acceptors (Lipinski definition) is 3. The Labute approximate surface area is 129 Å². The van der Waals surface area contributed by atoms with Crippen LogP contribution in [0.2, 0.25) is 0 Å². The summed E-state index contributed by atoms with van der Waals surface area (Å²) in [6.45, 7) is 4.34. The van der Waals surface area contributed by atoms with Gasteiger partial charge in [0.05, 0.1) is 0 Å². The van der Waals surface area contributed by atoms with E-state index in [4.69, 9.17) is 0 Å². The van der Waals surface area contributed by atoms with Gasteiger partial charge in [0.2, 0.25) is 0 Å². The Hall–Kier alpha value is -0.870. The Morgan fingerprint density at radius 1 is 1.24 bits per heavy atom. The van der Waals surface area contributed by atoms with E-state index < -0.39 is 9.84 Å². The van der Waals surface area contributed by atoms with Crippen molar-refractivity contribution in [2.45, 2.75) is 45.1 Å². The molecule has 118 valence electrons. The largest absolute Gasteiger partial charge is 0.296 e. The summed E-state index contributed by atoms with van der Waals surface area (Å²) in [6.07, 6.45) is 6.54. The van der Waals surface area contributed by atoms with Crippen molar-refractivity contribution in [3.63, 3.8) is 0 Å². The maximum atomic E-state index is 11.2. The van der Waals surface area contributed by atoms with E-state index in [0.29, 0.717) is 11.8 Å². The number of sulfone groups is 1. The minimum atomic E-state index is -2.82. The zero-order chi connectivity index (χ0) is 15.3. The van der Waals surface area contributed by atoms with Gasteiger partial charge in [0.15, 0.2) is 0 Å². The summed E-state index contributed by atoms with van der Waals surface area (Å²) in [5, 5.41) is 0. The molecule has 4 heteroatoms. The first kappa shape index (κ1) is 16.5. The summed E-state index contributed by atoms with van der Waals surface area (Å²) in [6, 6.07) is 9.29. The van der Waals surface area contributed by atoms with E-state index in [1.165, 1.54) is 30.2 Å². The highest BCUT2D eigenvalue weighted by Gasteiger charge is 2.25. The molecule has 0 fully saturated rings. The molecule has 0 bridgehead atoms. The monoisotopic (exact) mass is 309 g/mol. The van der Waals surface area contributed by atoms with Gasteiger partial charge in [-0.1, -0.05) is 37.6 Å². The maximum absolute atomic E-state index is 11.2. The topological polar surface area (TPSA) is 37.4 Å². The second-order valence-electron chi connectivity index (χ2n) is 6.13. The van der Waals surface area contributed by atoms with E-state index in [2.05, 4.69) is 36.1 Å². The highest BCUT2D eigenvalue weighted by molar-refractivity contribution is 7.90. The van der Waals surface area contributed by atoms with Gasteiger partial charge >= 0.3 is 0 Å². The van der Waals surface area contributed by atoms with Crippen LogP contribution in [0, 0.1) is 0 Å². The van der Waals surface area contributed by atoms with Crippen molar-refractivity contribution in [3.8, 4) is 0 Å². The quantitative estimate of drug-likeness (QED) is 0.726. The van der Waals surface area contributed by atoms with Crippen molar-refractivity contribution in [2.24, 2.45) is 0 Å². The molecule has 21 heavy (non-hydrogen) atoms. The van der Waals surface area contributed by atoms with Gasteiger partial charge < -0.3 is 0 Å². The summed E-state index contributed by atoms with van der Waals surface area (Å²) in [5.41, 5.74) is 2.97. The van der Waals surface area contributed by atoms with Crippen LogP contribution in [0.1, 0.15) is 49.8 Å². The lowest BCUT2D eigenvalue weighted by molar-refractivity contribution is 0.172. The van der Waals surface area contributed by atoms with Crippen LogP contribution in [-0.2, 0) is 16.3 Å². The fourth-order valence-corrected chi connectivity index (χ4v) is 3.99. The normalized spacial score (nSPS) is 19.4. The molecule has 0 saturated heterocycles. The van der Waals surface area contributed by atoms with Crippen LogP contribution in [0.4, 0.5) is 0 Å². The molecular weight excluding hydrogens is 282 g/mol. The molecular formula is C17H27NO2S. The number of hydrogen-bond donors (Lipinski definition) is 0. The van der Waals surface area contributed by atoms with Crippen LogP contribution in [0.5, 0.6) is 0 Å². The molecule has 2 rings (SSSR count). The van der Waals surface area contributed by atoms with Gasteiger partial charge in [0.25, 0.3) is 0 Å². The van der Waals surface area contributed by atoms with Crippen LogP contribution in [-0.4, -0.2) is 38.4 Å². The van der Waals surface area contributed by atoms with Crippen LogP contribution >= 0.6 is 0 Å². The Morgan fingerprint density at radius 2 is 2.00 bits per heavy atom. The molecule has 0 amide bonds. The second-order valence-corrected chi connectivity index (χ2v) is 8.39. The first-order valence-corrected chi connectivity index (χ1v) is 10.1. The minimum absolute atomic E-state index is 0.315. The Bertz CT molecular complexity index is 554. The van der Waals surface area contributed by atoms with E-state index in [1.54, 1.807) is 0 Å². The molecule has 0 radical (unpaired) electrons. The van der Waals surface area contributed by atoms with Crippen molar-refractivity contribution < 1.29 is 8.42 Å². The lowest BCUT2D eigenvalue weighted by Gasteiger charge is -2.37. The number of benzene rings is 1. The molecule has 1 aromatic carbocycles. The van der Waals surface area contributed by atoms with E-state index in [1.807, 2.05) is 0 Å². The highest BCUT2D eigenvalue weighted by atomic mass is 32.2. The number of nitrogens with zero attached hydrogens (tertiary/aromatic N) is 1. The zero-order valence-corrected chi connectivity index (χ0v) is 14.0. The van der Waals surface area contributed by atoms with E-state index in [9.17, 15) is 8.42 Å². The molecule has 0 spiro atoms. The Morgan fingerprint density at radius 3 is 2.71 bits per heavy atom. The smallest absolute Gasteiger partial charge is 0.147 e. The summed E-state index contributed by atoms with van der Waals surface area (Å²) in [4.78, 5) is 2.55. The average molecular weight is 309 g/mol. The molecule has 1 aliphatic heterocycles. The molecule has 0 saturated carbocycles. The van der Waals surface area contributed by atoms with Gasteiger partial charge in [0.1, 0.15) is 9.84 Å². The standard InChI is InChI=1S/C17H27NO2S/c1-3-8-17-16-10-5-4-9-15(16)11-13-18(17)12-6-7-14-21(2,19)20/h4-5,9-10,17H,3,6-8,11-14H2,1-2H3. The lowest BCUT2D eigenvalue weighted by atomic mass is 9.90. The minimum Gasteiger partial charge on any atom is -0.296 e. The predicted molar refractivity (Wildman–Crippen MR) is 88.3 cm³/mol. The third kappa shape index (κ3) is 4.82. The van der Waals surface area contributed by atoms with Crippen LogP contribution in [0.15, 0.2) is 24.3 Å². The lowest BCUT2D eigenvalue weighted by Crippen LogP contribution is -2.36. The molecule has 1 unspecified atom stereocenters. The molecule has 1 atom stereocenters. The molecule has 0 aliphatic carbocycles. The number of fused-ring (bicyclic) bond motifs is 1.